The van der Waals surface area contributed by atoms with Crippen LogP contribution in [0.15, 0.2) is 52.5 Å². The Morgan fingerprint density at radius 3 is 2.93 bits per heavy atom. The molecule has 6 nitrogen and oxygen atoms in total. The molecule has 3 aromatic rings. The van der Waals surface area contributed by atoms with Crippen molar-refractivity contribution >= 4 is 28.4 Å². The largest absolute Gasteiger partial charge is 0.493 e. The van der Waals surface area contributed by atoms with E-state index in [-0.39, 0.29) is 17.0 Å². The first-order valence-corrected chi connectivity index (χ1v) is 10.7. The molecule has 1 aromatic heterocycles. The zero-order valence-electron chi connectivity index (χ0n) is 16.6. The summed E-state index contributed by atoms with van der Waals surface area (Å²) < 4.78 is 7.53. The van der Waals surface area contributed by atoms with E-state index in [1.54, 1.807) is 16.5 Å². The Hall–Kier alpha value is -2.80. The molecule has 4 rings (SSSR count). The van der Waals surface area contributed by atoms with Crippen LogP contribution in [0.4, 0.5) is 0 Å². The lowest BCUT2D eigenvalue weighted by molar-refractivity contribution is 0.0781. The van der Waals surface area contributed by atoms with Crippen molar-refractivity contribution in [2.75, 3.05) is 19.4 Å². The Bertz CT molecular complexity index is 1130. The van der Waals surface area contributed by atoms with Crippen LogP contribution >= 0.6 is 11.8 Å². The van der Waals surface area contributed by atoms with Gasteiger partial charge in [0.2, 0.25) is 0 Å². The zero-order valence-corrected chi connectivity index (χ0v) is 17.4. The smallest absolute Gasteiger partial charge is 0.267 e. The summed E-state index contributed by atoms with van der Waals surface area (Å²) in [7, 11) is 1.71. The molecule has 0 saturated carbocycles. The molecule has 29 heavy (non-hydrogen) atoms. The molecule has 0 radical (unpaired) electrons. The van der Waals surface area contributed by atoms with Crippen LogP contribution in [0.5, 0.6) is 5.75 Å². The fraction of sp³-hybridized carbons (Fsp3) is 0.318. The molecule has 2 aromatic carbocycles. The van der Waals surface area contributed by atoms with Crippen LogP contribution in [0, 0.1) is 0 Å². The summed E-state index contributed by atoms with van der Waals surface area (Å²) in [5.41, 5.74) is 0.782. The summed E-state index contributed by atoms with van der Waals surface area (Å²) in [6.45, 7) is 3.60. The Balaban J connectivity index is 1.67. The lowest BCUT2D eigenvalue weighted by atomic mass is 10.0. The molecule has 0 fully saturated rings. The highest BCUT2D eigenvalue weighted by Crippen LogP contribution is 2.30. The molecular formula is C22H23N3O3S. The second kappa shape index (κ2) is 8.29. The maximum atomic E-state index is 13.1. The van der Waals surface area contributed by atoms with E-state index in [0.29, 0.717) is 24.9 Å². The van der Waals surface area contributed by atoms with Gasteiger partial charge in [-0.05, 0) is 23.3 Å². The topological polar surface area (TPSA) is 64.4 Å². The summed E-state index contributed by atoms with van der Waals surface area (Å²) in [4.78, 5) is 31.6. The van der Waals surface area contributed by atoms with Gasteiger partial charge in [-0.25, -0.2) is 4.98 Å². The van der Waals surface area contributed by atoms with Crippen molar-refractivity contribution in [3.63, 3.8) is 0 Å². The number of ether oxygens (including phenoxy) is 1. The number of carbonyl (C=O) groups is 1. The van der Waals surface area contributed by atoms with E-state index in [0.717, 1.165) is 34.3 Å². The Morgan fingerprint density at radius 1 is 1.28 bits per heavy atom. The van der Waals surface area contributed by atoms with Crippen LogP contribution in [0.25, 0.3) is 10.8 Å². The molecule has 1 amide bonds. The van der Waals surface area contributed by atoms with Crippen molar-refractivity contribution in [2.24, 2.45) is 0 Å². The number of hydrogen-bond acceptors (Lipinski definition) is 5. The summed E-state index contributed by atoms with van der Waals surface area (Å²) in [6, 6.07) is 12.0. The third kappa shape index (κ3) is 3.74. The first-order valence-electron chi connectivity index (χ1n) is 9.71. The van der Waals surface area contributed by atoms with Crippen LogP contribution < -0.4 is 10.3 Å². The van der Waals surface area contributed by atoms with Crippen LogP contribution in [0.2, 0.25) is 0 Å². The van der Waals surface area contributed by atoms with Gasteiger partial charge in [-0.2, -0.15) is 0 Å². The van der Waals surface area contributed by atoms with Gasteiger partial charge in [-0.3, -0.25) is 14.2 Å². The summed E-state index contributed by atoms with van der Waals surface area (Å²) in [5, 5.41) is 2.81. The van der Waals surface area contributed by atoms with Crippen molar-refractivity contribution in [3.05, 3.63) is 64.1 Å². The highest BCUT2D eigenvalue weighted by atomic mass is 32.2. The number of carbonyl (C=O) groups excluding carboxylic acids is 1. The van der Waals surface area contributed by atoms with Gasteiger partial charge >= 0.3 is 0 Å². The number of benzene rings is 2. The van der Waals surface area contributed by atoms with Gasteiger partial charge in [0.05, 0.1) is 6.61 Å². The van der Waals surface area contributed by atoms with Crippen molar-refractivity contribution in [1.82, 2.24) is 14.5 Å². The number of fused-ring (bicyclic) bond motifs is 2. The highest BCUT2D eigenvalue weighted by molar-refractivity contribution is 7.99. The highest BCUT2D eigenvalue weighted by Gasteiger charge is 2.23. The second-order valence-electron chi connectivity index (χ2n) is 7.03. The third-order valence-corrected chi connectivity index (χ3v) is 5.96. The Kier molecular flexibility index (Phi) is 5.58. The molecule has 1 aliphatic rings. The van der Waals surface area contributed by atoms with E-state index in [1.807, 2.05) is 36.4 Å². The van der Waals surface area contributed by atoms with Crippen molar-refractivity contribution < 1.29 is 9.53 Å². The number of aromatic nitrogens is 2. The lowest BCUT2D eigenvalue weighted by Gasteiger charge is -2.21. The Morgan fingerprint density at radius 2 is 2.10 bits per heavy atom. The normalized spacial score (nSPS) is 12.8. The average molecular weight is 410 g/mol. The molecule has 150 valence electrons. The SMILES string of the molecule is CCCOc1ccc2ccccc2c1CN(C)C(=O)c1cnc2n(c1=O)CCS2. The number of nitrogens with zero attached hydrogens (tertiary/aromatic N) is 3. The van der Waals surface area contributed by atoms with E-state index in [9.17, 15) is 9.59 Å². The quantitative estimate of drug-likeness (QED) is 0.583. The molecular weight excluding hydrogens is 386 g/mol. The molecule has 0 bridgehead atoms. The van der Waals surface area contributed by atoms with Gasteiger partial charge in [-0.15, -0.1) is 0 Å². The van der Waals surface area contributed by atoms with Crippen molar-refractivity contribution in [3.8, 4) is 5.75 Å². The first kappa shape index (κ1) is 19.5. The van der Waals surface area contributed by atoms with Crippen molar-refractivity contribution in [2.45, 2.75) is 31.6 Å². The predicted molar refractivity (Wildman–Crippen MR) is 115 cm³/mol. The Labute approximate surface area is 173 Å². The summed E-state index contributed by atoms with van der Waals surface area (Å²) in [6.07, 6.45) is 2.31. The number of rotatable bonds is 6. The van der Waals surface area contributed by atoms with Crippen LogP contribution in [0.3, 0.4) is 0 Å². The second-order valence-corrected chi connectivity index (χ2v) is 8.09. The fourth-order valence-corrected chi connectivity index (χ4v) is 4.42. The molecule has 0 aliphatic carbocycles. The van der Waals surface area contributed by atoms with Crippen LogP contribution in [-0.4, -0.2) is 39.8 Å². The number of thioether (sulfide) groups is 1. The van der Waals surface area contributed by atoms with E-state index >= 15 is 0 Å². The maximum Gasteiger partial charge on any atom is 0.267 e. The van der Waals surface area contributed by atoms with Crippen LogP contribution in [0.1, 0.15) is 29.3 Å². The zero-order chi connectivity index (χ0) is 20.4. The van der Waals surface area contributed by atoms with E-state index in [2.05, 4.69) is 11.9 Å². The number of hydrogen-bond donors (Lipinski definition) is 0. The van der Waals surface area contributed by atoms with Gasteiger partial charge in [0.15, 0.2) is 5.16 Å². The standard InChI is InChI=1S/C22H23N3O3S/c1-3-11-28-19-9-8-15-6-4-5-7-16(15)18(19)14-24(2)20(26)17-13-23-22-25(21(17)27)10-12-29-22/h4-9,13H,3,10-12,14H2,1-2H3. The minimum absolute atomic E-state index is 0.106. The molecule has 1 aliphatic heterocycles. The molecule has 7 heteroatoms. The predicted octanol–water partition coefficient (Wildman–Crippen LogP) is 3.56. The van der Waals surface area contributed by atoms with E-state index in [4.69, 9.17) is 4.74 Å². The lowest BCUT2D eigenvalue weighted by Crippen LogP contribution is -2.34. The third-order valence-electron chi connectivity index (χ3n) is 4.99. The minimum atomic E-state index is -0.330. The van der Waals surface area contributed by atoms with Gasteiger partial charge in [0.1, 0.15) is 11.3 Å². The maximum absolute atomic E-state index is 13.1. The van der Waals surface area contributed by atoms with Gasteiger partial charge in [0.25, 0.3) is 11.5 Å². The molecule has 0 unspecified atom stereocenters. The number of amides is 1. The summed E-state index contributed by atoms with van der Waals surface area (Å²) >= 11 is 1.53. The molecule has 0 atom stereocenters. The van der Waals surface area contributed by atoms with Gasteiger partial charge in [0, 0.05) is 37.7 Å². The fourth-order valence-electron chi connectivity index (χ4n) is 3.51. The molecule has 2 heterocycles. The molecule has 0 N–H and O–H groups in total. The average Bonchev–Trinajstić information content (AvgIpc) is 3.22. The summed E-state index contributed by atoms with van der Waals surface area (Å²) in [5.74, 6) is 1.25. The van der Waals surface area contributed by atoms with E-state index in [1.165, 1.54) is 18.0 Å². The van der Waals surface area contributed by atoms with Gasteiger partial charge in [-0.1, -0.05) is 49.0 Å². The molecule has 0 saturated heterocycles. The van der Waals surface area contributed by atoms with Crippen molar-refractivity contribution in [1.29, 1.82) is 0 Å². The monoisotopic (exact) mass is 409 g/mol. The van der Waals surface area contributed by atoms with Crippen LogP contribution in [-0.2, 0) is 13.1 Å². The molecule has 0 spiro atoms. The minimum Gasteiger partial charge on any atom is -0.493 e. The van der Waals surface area contributed by atoms with Gasteiger partial charge < -0.3 is 9.64 Å². The van der Waals surface area contributed by atoms with E-state index < -0.39 is 0 Å². The first-order chi connectivity index (χ1) is 14.1.